The first kappa shape index (κ1) is 15.5. The highest BCUT2D eigenvalue weighted by Crippen LogP contribution is 2.33. The minimum Gasteiger partial charge on any atom is -0.507 e. The zero-order chi connectivity index (χ0) is 16.1. The highest BCUT2D eigenvalue weighted by molar-refractivity contribution is 6.08. The van der Waals surface area contributed by atoms with Gasteiger partial charge in [-0.05, 0) is 24.3 Å². The fourth-order valence-corrected chi connectivity index (χ4v) is 1.95. The van der Waals surface area contributed by atoms with Gasteiger partial charge in [-0.1, -0.05) is 0 Å². The van der Waals surface area contributed by atoms with Gasteiger partial charge in [0.25, 0.3) is 5.91 Å². The van der Waals surface area contributed by atoms with Gasteiger partial charge in [-0.15, -0.1) is 0 Å². The standard InChI is InChI=1S/C16H17NO5/c1-20-11-6-4-10(5-7-11)17-16(19)15-13(18)8-12(21-2)9-14(15)22-3/h4-9,18H,1-3H3,(H,17,19). The SMILES string of the molecule is COc1ccc(NC(=O)c2c(O)cc(OC)cc2OC)cc1. The normalized spacial score (nSPS) is 9.95. The highest BCUT2D eigenvalue weighted by atomic mass is 16.5. The van der Waals surface area contributed by atoms with Crippen LogP contribution in [-0.4, -0.2) is 32.3 Å². The fraction of sp³-hybridized carbons (Fsp3) is 0.188. The summed E-state index contributed by atoms with van der Waals surface area (Å²) >= 11 is 0. The van der Waals surface area contributed by atoms with Crippen LogP contribution in [-0.2, 0) is 0 Å². The summed E-state index contributed by atoms with van der Waals surface area (Å²) in [5, 5.41) is 12.7. The Hall–Kier alpha value is -2.89. The maximum absolute atomic E-state index is 12.3. The minimum absolute atomic E-state index is 0.0409. The molecular weight excluding hydrogens is 286 g/mol. The first-order chi connectivity index (χ1) is 10.6. The van der Waals surface area contributed by atoms with Crippen molar-refractivity contribution in [2.24, 2.45) is 0 Å². The number of nitrogens with one attached hydrogen (secondary N) is 1. The second-order valence-corrected chi connectivity index (χ2v) is 4.41. The van der Waals surface area contributed by atoms with Gasteiger partial charge in [-0.25, -0.2) is 0 Å². The van der Waals surface area contributed by atoms with Crippen LogP contribution >= 0.6 is 0 Å². The molecule has 0 spiro atoms. The Labute approximate surface area is 128 Å². The van der Waals surface area contributed by atoms with Crippen LogP contribution in [0.4, 0.5) is 5.69 Å². The van der Waals surface area contributed by atoms with Gasteiger partial charge in [0.05, 0.1) is 21.3 Å². The number of ether oxygens (including phenoxy) is 3. The van der Waals surface area contributed by atoms with Crippen LogP contribution in [0, 0.1) is 0 Å². The van der Waals surface area contributed by atoms with E-state index in [0.717, 1.165) is 0 Å². The molecule has 2 N–H and O–H groups in total. The molecule has 22 heavy (non-hydrogen) atoms. The largest absolute Gasteiger partial charge is 0.507 e. The van der Waals surface area contributed by atoms with Crippen molar-refractivity contribution in [1.82, 2.24) is 0 Å². The average Bonchev–Trinajstić information content (AvgIpc) is 2.54. The molecule has 0 heterocycles. The molecule has 0 aliphatic carbocycles. The lowest BCUT2D eigenvalue weighted by atomic mass is 10.1. The summed E-state index contributed by atoms with van der Waals surface area (Å²) in [6.45, 7) is 0. The van der Waals surface area contributed by atoms with E-state index in [9.17, 15) is 9.90 Å². The Morgan fingerprint density at radius 1 is 0.955 bits per heavy atom. The fourth-order valence-electron chi connectivity index (χ4n) is 1.95. The van der Waals surface area contributed by atoms with Crippen LogP contribution in [0.3, 0.4) is 0 Å². The molecule has 0 aromatic heterocycles. The lowest BCUT2D eigenvalue weighted by Crippen LogP contribution is -2.13. The molecule has 1 amide bonds. The van der Waals surface area contributed by atoms with Crippen molar-refractivity contribution in [3.63, 3.8) is 0 Å². The topological polar surface area (TPSA) is 77.0 Å². The van der Waals surface area contributed by atoms with Gasteiger partial charge in [-0.2, -0.15) is 0 Å². The van der Waals surface area contributed by atoms with Crippen molar-refractivity contribution in [3.8, 4) is 23.0 Å². The molecule has 0 radical (unpaired) electrons. The van der Waals surface area contributed by atoms with E-state index in [1.807, 2.05) is 0 Å². The predicted molar refractivity (Wildman–Crippen MR) is 82.2 cm³/mol. The van der Waals surface area contributed by atoms with Crippen LogP contribution in [0.1, 0.15) is 10.4 Å². The van der Waals surface area contributed by atoms with Crippen LogP contribution in [0.5, 0.6) is 23.0 Å². The summed E-state index contributed by atoms with van der Waals surface area (Å²) < 4.78 is 15.2. The number of aromatic hydroxyl groups is 1. The summed E-state index contributed by atoms with van der Waals surface area (Å²) in [6.07, 6.45) is 0. The number of hydrogen-bond acceptors (Lipinski definition) is 5. The molecule has 0 aliphatic heterocycles. The van der Waals surface area contributed by atoms with Crippen LogP contribution < -0.4 is 19.5 Å². The number of rotatable bonds is 5. The number of phenolic OH excluding ortho intramolecular Hbond substituents is 1. The molecule has 0 aliphatic rings. The van der Waals surface area contributed by atoms with Gasteiger partial charge in [0, 0.05) is 17.8 Å². The quantitative estimate of drug-likeness (QED) is 0.888. The van der Waals surface area contributed by atoms with Crippen LogP contribution in [0.2, 0.25) is 0 Å². The van der Waals surface area contributed by atoms with Crippen molar-refractivity contribution < 1.29 is 24.1 Å². The number of carbonyl (C=O) groups is 1. The van der Waals surface area contributed by atoms with Crippen LogP contribution in [0.15, 0.2) is 36.4 Å². The van der Waals surface area contributed by atoms with Gasteiger partial charge >= 0.3 is 0 Å². The first-order valence-corrected chi connectivity index (χ1v) is 6.49. The number of phenols is 1. The molecule has 2 rings (SSSR count). The molecule has 0 unspecified atom stereocenters. The van der Waals surface area contributed by atoms with Crippen LogP contribution in [0.25, 0.3) is 0 Å². The predicted octanol–water partition coefficient (Wildman–Crippen LogP) is 2.67. The number of carbonyl (C=O) groups excluding carboxylic acids is 1. The van der Waals surface area contributed by atoms with Crippen molar-refractivity contribution in [2.45, 2.75) is 0 Å². The number of benzene rings is 2. The smallest absolute Gasteiger partial charge is 0.263 e. The molecule has 2 aromatic carbocycles. The van der Waals surface area contributed by atoms with Gasteiger partial charge < -0.3 is 24.6 Å². The van der Waals surface area contributed by atoms with E-state index in [1.54, 1.807) is 31.4 Å². The van der Waals surface area contributed by atoms with Gasteiger partial charge in [0.1, 0.15) is 28.6 Å². The zero-order valence-electron chi connectivity index (χ0n) is 12.5. The van der Waals surface area contributed by atoms with E-state index in [2.05, 4.69) is 5.32 Å². The molecule has 6 heteroatoms. The van der Waals surface area contributed by atoms with Crippen molar-refractivity contribution in [1.29, 1.82) is 0 Å². The maximum Gasteiger partial charge on any atom is 0.263 e. The van der Waals surface area contributed by atoms with E-state index in [4.69, 9.17) is 14.2 Å². The molecule has 0 atom stereocenters. The van der Waals surface area contributed by atoms with Crippen molar-refractivity contribution >= 4 is 11.6 Å². The molecule has 0 saturated heterocycles. The summed E-state index contributed by atoms with van der Waals surface area (Å²) in [7, 11) is 4.44. The monoisotopic (exact) mass is 303 g/mol. The van der Waals surface area contributed by atoms with E-state index >= 15 is 0 Å². The summed E-state index contributed by atoms with van der Waals surface area (Å²) in [5.74, 6) is 0.602. The average molecular weight is 303 g/mol. The van der Waals surface area contributed by atoms with E-state index in [1.165, 1.54) is 26.4 Å². The molecule has 116 valence electrons. The second-order valence-electron chi connectivity index (χ2n) is 4.41. The zero-order valence-corrected chi connectivity index (χ0v) is 12.5. The van der Waals surface area contributed by atoms with Gasteiger partial charge in [0.15, 0.2) is 0 Å². The Bertz CT molecular complexity index is 667. The molecular formula is C16H17NO5. The molecule has 0 bridgehead atoms. The lowest BCUT2D eigenvalue weighted by Gasteiger charge is -2.13. The minimum atomic E-state index is -0.484. The van der Waals surface area contributed by atoms with Gasteiger partial charge in [-0.3, -0.25) is 4.79 Å². The summed E-state index contributed by atoms with van der Waals surface area (Å²) in [5.41, 5.74) is 0.613. The Balaban J connectivity index is 2.28. The number of amides is 1. The maximum atomic E-state index is 12.3. The van der Waals surface area contributed by atoms with E-state index < -0.39 is 5.91 Å². The molecule has 0 fully saturated rings. The van der Waals surface area contributed by atoms with Crippen molar-refractivity contribution in [3.05, 3.63) is 42.0 Å². The molecule has 6 nitrogen and oxygen atoms in total. The third-order valence-corrected chi connectivity index (χ3v) is 3.09. The molecule has 0 saturated carbocycles. The lowest BCUT2D eigenvalue weighted by molar-refractivity contribution is 0.102. The van der Waals surface area contributed by atoms with E-state index in [0.29, 0.717) is 17.2 Å². The number of hydrogen-bond donors (Lipinski definition) is 2. The highest BCUT2D eigenvalue weighted by Gasteiger charge is 2.19. The van der Waals surface area contributed by atoms with Crippen molar-refractivity contribution in [2.75, 3.05) is 26.6 Å². The first-order valence-electron chi connectivity index (χ1n) is 6.49. The Morgan fingerprint density at radius 2 is 1.59 bits per heavy atom. The Kier molecular flexibility index (Phi) is 4.73. The molecule has 2 aromatic rings. The summed E-state index contributed by atoms with van der Waals surface area (Å²) in [4.78, 5) is 12.3. The van der Waals surface area contributed by atoms with E-state index in [-0.39, 0.29) is 17.1 Å². The summed E-state index contributed by atoms with van der Waals surface area (Å²) in [6, 6.07) is 9.73. The second kappa shape index (κ2) is 6.71. The third kappa shape index (κ3) is 3.22. The number of methoxy groups -OCH3 is 3. The number of anilines is 1. The Morgan fingerprint density at radius 3 is 2.14 bits per heavy atom. The van der Waals surface area contributed by atoms with Gasteiger partial charge in [0.2, 0.25) is 0 Å². The third-order valence-electron chi connectivity index (χ3n) is 3.09.